The molecule has 3 fully saturated rings. The molecule has 0 N–H and O–H groups in total. The maximum Gasteiger partial charge on any atom is 0.254 e. The molecule has 2 atom stereocenters. The highest BCUT2D eigenvalue weighted by Gasteiger charge is 2.38. The van der Waals surface area contributed by atoms with Gasteiger partial charge in [-0.25, -0.2) is 4.98 Å². The minimum atomic E-state index is 0.210. The van der Waals surface area contributed by atoms with Crippen LogP contribution in [0.1, 0.15) is 72.6 Å². The lowest BCUT2D eigenvalue weighted by Gasteiger charge is -2.38. The summed E-state index contributed by atoms with van der Waals surface area (Å²) in [6.07, 6.45) is 8.55. The van der Waals surface area contributed by atoms with E-state index in [0.717, 1.165) is 41.0 Å². The average Bonchev–Trinajstić information content (AvgIpc) is 3.28. The Bertz CT molecular complexity index is 851. The van der Waals surface area contributed by atoms with Gasteiger partial charge < -0.3 is 4.90 Å². The first-order valence-corrected chi connectivity index (χ1v) is 9.78. The third-order valence-corrected chi connectivity index (χ3v) is 6.47. The highest BCUT2D eigenvalue weighted by atomic mass is 16.2. The molecule has 3 heterocycles. The molecule has 2 aromatic rings. The number of piperidine rings is 1. The number of hydrogen-bond donors (Lipinski definition) is 0. The van der Waals surface area contributed by atoms with Crippen LogP contribution in [0.2, 0.25) is 0 Å². The van der Waals surface area contributed by atoms with Crippen molar-refractivity contribution in [2.75, 3.05) is 6.54 Å². The molecule has 0 radical (unpaired) electrons. The third-order valence-electron chi connectivity index (χ3n) is 6.47. The second kappa shape index (κ2) is 5.55. The van der Waals surface area contributed by atoms with Crippen LogP contribution in [0, 0.1) is 12.8 Å². The van der Waals surface area contributed by atoms with Gasteiger partial charge in [-0.3, -0.25) is 9.48 Å². The number of pyridine rings is 1. The van der Waals surface area contributed by atoms with Gasteiger partial charge in [0.15, 0.2) is 5.65 Å². The lowest BCUT2D eigenvalue weighted by atomic mass is 9.91. The van der Waals surface area contributed by atoms with Gasteiger partial charge in [0, 0.05) is 31.2 Å². The molecule has 5 heteroatoms. The van der Waals surface area contributed by atoms with Crippen molar-refractivity contribution in [3.8, 4) is 0 Å². The predicted molar refractivity (Wildman–Crippen MR) is 96.6 cm³/mol. The summed E-state index contributed by atoms with van der Waals surface area (Å²) < 4.78 is 1.84. The Morgan fingerprint density at radius 1 is 1.16 bits per heavy atom. The molecule has 2 aromatic heterocycles. The second-order valence-corrected chi connectivity index (χ2v) is 8.18. The number of carbonyl (C=O) groups excluding carboxylic acids is 1. The van der Waals surface area contributed by atoms with Gasteiger partial charge in [0.2, 0.25) is 0 Å². The Labute approximate surface area is 148 Å². The zero-order valence-electron chi connectivity index (χ0n) is 15.2. The Balaban J connectivity index is 1.62. The molecule has 0 spiro atoms. The van der Waals surface area contributed by atoms with Gasteiger partial charge in [-0.15, -0.1) is 0 Å². The van der Waals surface area contributed by atoms with Crippen LogP contribution in [0.4, 0.5) is 0 Å². The minimum Gasteiger partial charge on any atom is -0.335 e. The van der Waals surface area contributed by atoms with Crippen LogP contribution in [0.15, 0.2) is 6.07 Å². The Kier molecular flexibility index (Phi) is 3.41. The molecule has 132 valence electrons. The summed E-state index contributed by atoms with van der Waals surface area (Å²) in [7, 11) is 1.93. The Morgan fingerprint density at radius 2 is 1.96 bits per heavy atom. The van der Waals surface area contributed by atoms with E-state index in [4.69, 9.17) is 4.98 Å². The molecule has 0 aromatic carbocycles. The number of amides is 1. The predicted octanol–water partition coefficient (Wildman–Crippen LogP) is 3.56. The molecule has 2 aliphatic carbocycles. The first-order valence-electron chi connectivity index (χ1n) is 9.78. The molecule has 5 rings (SSSR count). The van der Waals surface area contributed by atoms with E-state index in [1.807, 2.05) is 18.7 Å². The summed E-state index contributed by atoms with van der Waals surface area (Å²) in [6.45, 7) is 2.90. The standard InChI is InChI=1S/C20H26N4O/c1-12-18-15(11-16(13-8-9-13)21-19(18)23(2)22-12)20(25)24-10-4-6-14-5-3-7-17(14)24/h11,13-14,17H,3-10H2,1-2H3/t14-,17+/m1/s1. The molecule has 0 bridgehead atoms. The topological polar surface area (TPSA) is 51.0 Å². The monoisotopic (exact) mass is 338 g/mol. The van der Waals surface area contributed by atoms with Crippen molar-refractivity contribution in [1.29, 1.82) is 0 Å². The van der Waals surface area contributed by atoms with Gasteiger partial charge in [0.1, 0.15) is 0 Å². The fourth-order valence-electron chi connectivity index (χ4n) is 5.08. The maximum absolute atomic E-state index is 13.6. The minimum absolute atomic E-state index is 0.210. The van der Waals surface area contributed by atoms with E-state index >= 15 is 0 Å². The first-order chi connectivity index (χ1) is 12.1. The third kappa shape index (κ3) is 2.39. The summed E-state index contributed by atoms with van der Waals surface area (Å²) in [4.78, 5) is 20.6. The number of aromatic nitrogens is 3. The highest BCUT2D eigenvalue weighted by molar-refractivity contribution is 6.06. The number of aryl methyl sites for hydroxylation is 2. The fourth-order valence-corrected chi connectivity index (χ4v) is 5.08. The van der Waals surface area contributed by atoms with Crippen molar-refractivity contribution in [2.45, 2.75) is 63.8 Å². The van der Waals surface area contributed by atoms with Crippen LogP contribution in [-0.4, -0.2) is 38.2 Å². The van der Waals surface area contributed by atoms with E-state index in [2.05, 4.69) is 16.1 Å². The number of fused-ring (bicyclic) bond motifs is 2. The number of hydrogen-bond acceptors (Lipinski definition) is 3. The second-order valence-electron chi connectivity index (χ2n) is 8.18. The molecule has 1 aliphatic heterocycles. The molecule has 3 aliphatic rings. The number of nitrogens with zero attached hydrogens (tertiary/aromatic N) is 4. The normalized spacial score (nSPS) is 26.2. The lowest BCUT2D eigenvalue weighted by Crippen LogP contribution is -2.46. The first kappa shape index (κ1) is 15.4. The number of rotatable bonds is 2. The van der Waals surface area contributed by atoms with E-state index in [-0.39, 0.29) is 5.91 Å². The largest absolute Gasteiger partial charge is 0.335 e. The molecule has 2 saturated carbocycles. The van der Waals surface area contributed by atoms with E-state index in [1.54, 1.807) is 0 Å². The summed E-state index contributed by atoms with van der Waals surface area (Å²) in [6, 6.07) is 2.53. The summed E-state index contributed by atoms with van der Waals surface area (Å²) in [5, 5.41) is 5.50. The summed E-state index contributed by atoms with van der Waals surface area (Å²) >= 11 is 0. The van der Waals surface area contributed by atoms with E-state index in [9.17, 15) is 4.79 Å². The Hall–Kier alpha value is -1.91. The highest BCUT2D eigenvalue weighted by Crippen LogP contribution is 2.42. The smallest absolute Gasteiger partial charge is 0.254 e. The maximum atomic E-state index is 13.6. The SMILES string of the molecule is Cc1nn(C)c2nc(C3CC3)cc(C(=O)N3CCC[C@H]4CCC[C@@H]43)c12. The van der Waals surface area contributed by atoms with Gasteiger partial charge in [0.05, 0.1) is 16.6 Å². The van der Waals surface area contributed by atoms with Crippen molar-refractivity contribution in [1.82, 2.24) is 19.7 Å². The van der Waals surface area contributed by atoms with Crippen molar-refractivity contribution in [3.63, 3.8) is 0 Å². The number of carbonyl (C=O) groups is 1. The average molecular weight is 338 g/mol. The van der Waals surface area contributed by atoms with Crippen LogP contribution >= 0.6 is 0 Å². The van der Waals surface area contributed by atoms with Gasteiger partial charge in [-0.1, -0.05) is 6.42 Å². The van der Waals surface area contributed by atoms with Crippen LogP contribution in [-0.2, 0) is 7.05 Å². The van der Waals surface area contributed by atoms with E-state index < -0.39 is 0 Å². The quantitative estimate of drug-likeness (QED) is 0.841. The van der Waals surface area contributed by atoms with E-state index in [0.29, 0.717) is 17.9 Å². The van der Waals surface area contributed by atoms with Crippen molar-refractivity contribution >= 4 is 16.9 Å². The molecular formula is C20H26N4O. The van der Waals surface area contributed by atoms with Crippen LogP contribution in [0.5, 0.6) is 0 Å². The number of likely N-dealkylation sites (tertiary alicyclic amines) is 1. The van der Waals surface area contributed by atoms with Crippen LogP contribution in [0.3, 0.4) is 0 Å². The molecule has 1 amide bonds. The van der Waals surface area contributed by atoms with Gasteiger partial charge in [0.25, 0.3) is 5.91 Å². The molecule has 0 unspecified atom stereocenters. The summed E-state index contributed by atoms with van der Waals surface area (Å²) in [5.41, 5.74) is 3.70. The van der Waals surface area contributed by atoms with Gasteiger partial charge in [-0.2, -0.15) is 5.10 Å². The van der Waals surface area contributed by atoms with Crippen LogP contribution in [0.25, 0.3) is 11.0 Å². The fraction of sp³-hybridized carbons (Fsp3) is 0.650. The zero-order valence-corrected chi connectivity index (χ0v) is 15.2. The molecular weight excluding hydrogens is 312 g/mol. The van der Waals surface area contributed by atoms with Gasteiger partial charge >= 0.3 is 0 Å². The van der Waals surface area contributed by atoms with E-state index in [1.165, 1.54) is 38.5 Å². The molecule has 1 saturated heterocycles. The van der Waals surface area contributed by atoms with Crippen LogP contribution < -0.4 is 0 Å². The molecule has 5 nitrogen and oxygen atoms in total. The van der Waals surface area contributed by atoms with Crippen molar-refractivity contribution in [3.05, 3.63) is 23.0 Å². The van der Waals surface area contributed by atoms with Crippen molar-refractivity contribution < 1.29 is 4.79 Å². The zero-order chi connectivity index (χ0) is 17.1. The molecule has 25 heavy (non-hydrogen) atoms. The lowest BCUT2D eigenvalue weighted by molar-refractivity contribution is 0.0550. The Morgan fingerprint density at radius 3 is 2.76 bits per heavy atom. The summed E-state index contributed by atoms with van der Waals surface area (Å²) in [5.74, 6) is 1.46. The van der Waals surface area contributed by atoms with Crippen molar-refractivity contribution in [2.24, 2.45) is 13.0 Å². The van der Waals surface area contributed by atoms with Gasteiger partial charge in [-0.05, 0) is 57.4 Å².